The number of esters is 1. The van der Waals surface area contributed by atoms with Crippen LogP contribution < -0.4 is 5.32 Å². The Morgan fingerprint density at radius 2 is 1.94 bits per heavy atom. The second kappa shape index (κ2) is 6.89. The van der Waals surface area contributed by atoms with Gasteiger partial charge in [-0.3, -0.25) is 4.79 Å². The lowest BCUT2D eigenvalue weighted by atomic mass is 9.93. The normalized spacial score (nSPS) is 19.8. The molecule has 0 heterocycles. The standard InChI is InChI=1S/C13H25NO2/c1-10(2)9-12(13(15)16-3)14-11-7-5-4-6-8-11/h10-12,14H,4-9H2,1-3H3. The lowest BCUT2D eigenvalue weighted by molar-refractivity contribution is -0.143. The van der Waals surface area contributed by atoms with Gasteiger partial charge < -0.3 is 10.1 Å². The fourth-order valence-electron chi connectivity index (χ4n) is 2.40. The molecule has 0 bridgehead atoms. The van der Waals surface area contributed by atoms with Gasteiger partial charge in [-0.2, -0.15) is 0 Å². The molecule has 0 spiro atoms. The van der Waals surface area contributed by atoms with Gasteiger partial charge in [-0.25, -0.2) is 0 Å². The van der Waals surface area contributed by atoms with Crippen molar-refractivity contribution in [2.24, 2.45) is 5.92 Å². The van der Waals surface area contributed by atoms with Crippen molar-refractivity contribution in [3.05, 3.63) is 0 Å². The Labute approximate surface area is 98.9 Å². The highest BCUT2D eigenvalue weighted by Gasteiger charge is 2.24. The van der Waals surface area contributed by atoms with Crippen LogP contribution >= 0.6 is 0 Å². The molecule has 1 unspecified atom stereocenters. The first kappa shape index (κ1) is 13.5. The number of methoxy groups -OCH3 is 1. The van der Waals surface area contributed by atoms with Crippen LogP contribution in [-0.2, 0) is 9.53 Å². The molecule has 0 radical (unpaired) electrons. The van der Waals surface area contributed by atoms with Crippen LogP contribution in [0.2, 0.25) is 0 Å². The molecule has 3 nitrogen and oxygen atoms in total. The number of ether oxygens (including phenoxy) is 1. The summed E-state index contributed by atoms with van der Waals surface area (Å²) in [4.78, 5) is 11.6. The minimum absolute atomic E-state index is 0.112. The van der Waals surface area contributed by atoms with E-state index in [1.54, 1.807) is 0 Å². The van der Waals surface area contributed by atoms with Gasteiger partial charge in [0.15, 0.2) is 0 Å². The summed E-state index contributed by atoms with van der Waals surface area (Å²) >= 11 is 0. The van der Waals surface area contributed by atoms with Crippen LogP contribution in [0.1, 0.15) is 52.4 Å². The monoisotopic (exact) mass is 227 g/mol. The van der Waals surface area contributed by atoms with Gasteiger partial charge in [0.25, 0.3) is 0 Å². The van der Waals surface area contributed by atoms with Crippen LogP contribution in [0.5, 0.6) is 0 Å². The topological polar surface area (TPSA) is 38.3 Å². The minimum Gasteiger partial charge on any atom is -0.468 e. The van der Waals surface area contributed by atoms with Gasteiger partial charge in [0.1, 0.15) is 6.04 Å². The summed E-state index contributed by atoms with van der Waals surface area (Å²) in [6, 6.07) is 0.393. The lowest BCUT2D eigenvalue weighted by Gasteiger charge is -2.28. The zero-order valence-electron chi connectivity index (χ0n) is 10.8. The zero-order valence-corrected chi connectivity index (χ0v) is 10.8. The van der Waals surface area contributed by atoms with Crippen molar-refractivity contribution in [1.82, 2.24) is 5.32 Å². The Balaban J connectivity index is 2.44. The molecular formula is C13H25NO2. The first-order chi connectivity index (χ1) is 7.63. The number of carbonyl (C=O) groups is 1. The largest absolute Gasteiger partial charge is 0.468 e. The van der Waals surface area contributed by atoms with Crippen LogP contribution in [0.15, 0.2) is 0 Å². The molecule has 1 fully saturated rings. The van der Waals surface area contributed by atoms with Crippen LogP contribution in [0.25, 0.3) is 0 Å². The molecule has 1 aliphatic rings. The second-order valence-electron chi connectivity index (χ2n) is 5.21. The van der Waals surface area contributed by atoms with Gasteiger partial charge in [0, 0.05) is 6.04 Å². The van der Waals surface area contributed by atoms with Crippen molar-refractivity contribution in [1.29, 1.82) is 0 Å². The molecule has 94 valence electrons. The Bertz CT molecular complexity index is 210. The van der Waals surface area contributed by atoms with Gasteiger partial charge in [0.05, 0.1) is 7.11 Å². The molecule has 0 aromatic carbocycles. The molecule has 0 aliphatic heterocycles. The van der Waals surface area contributed by atoms with E-state index in [-0.39, 0.29) is 12.0 Å². The summed E-state index contributed by atoms with van der Waals surface area (Å²) in [5.74, 6) is 0.402. The summed E-state index contributed by atoms with van der Waals surface area (Å²) in [6.07, 6.45) is 7.17. The minimum atomic E-state index is -0.118. The van der Waals surface area contributed by atoms with Gasteiger partial charge in [-0.15, -0.1) is 0 Å². The molecule has 3 heteroatoms. The van der Waals surface area contributed by atoms with Crippen LogP contribution in [0.3, 0.4) is 0 Å². The lowest BCUT2D eigenvalue weighted by Crippen LogP contribution is -2.45. The van der Waals surface area contributed by atoms with Gasteiger partial charge >= 0.3 is 5.97 Å². The van der Waals surface area contributed by atoms with E-state index in [0.717, 1.165) is 6.42 Å². The highest BCUT2D eigenvalue weighted by atomic mass is 16.5. The van der Waals surface area contributed by atoms with E-state index in [2.05, 4.69) is 19.2 Å². The number of rotatable bonds is 5. The zero-order chi connectivity index (χ0) is 12.0. The molecule has 0 saturated heterocycles. The van der Waals surface area contributed by atoms with Crippen LogP contribution in [0.4, 0.5) is 0 Å². The number of hydrogen-bond donors (Lipinski definition) is 1. The summed E-state index contributed by atoms with van der Waals surface area (Å²) < 4.78 is 4.85. The predicted molar refractivity (Wildman–Crippen MR) is 65.3 cm³/mol. The first-order valence-electron chi connectivity index (χ1n) is 6.47. The highest BCUT2D eigenvalue weighted by Crippen LogP contribution is 2.19. The van der Waals surface area contributed by atoms with Gasteiger partial charge in [-0.05, 0) is 25.2 Å². The third kappa shape index (κ3) is 4.52. The Morgan fingerprint density at radius 1 is 1.31 bits per heavy atom. The average molecular weight is 227 g/mol. The molecule has 0 amide bonds. The highest BCUT2D eigenvalue weighted by molar-refractivity contribution is 5.75. The smallest absolute Gasteiger partial charge is 0.322 e. The second-order valence-corrected chi connectivity index (χ2v) is 5.21. The van der Waals surface area contributed by atoms with E-state index in [0.29, 0.717) is 12.0 Å². The maximum absolute atomic E-state index is 11.6. The number of hydrogen-bond acceptors (Lipinski definition) is 3. The van der Waals surface area contributed by atoms with Crippen LogP contribution in [0, 0.1) is 5.92 Å². The predicted octanol–water partition coefficient (Wildman–Crippen LogP) is 2.50. The Morgan fingerprint density at radius 3 is 2.44 bits per heavy atom. The van der Waals surface area contributed by atoms with Crippen molar-refractivity contribution in [2.75, 3.05) is 7.11 Å². The van der Waals surface area contributed by atoms with Gasteiger partial charge in [-0.1, -0.05) is 33.1 Å². The van der Waals surface area contributed by atoms with E-state index in [9.17, 15) is 4.79 Å². The molecule has 1 rings (SSSR count). The van der Waals surface area contributed by atoms with E-state index in [1.807, 2.05) is 0 Å². The van der Waals surface area contributed by atoms with Crippen molar-refractivity contribution in [3.63, 3.8) is 0 Å². The fourth-order valence-corrected chi connectivity index (χ4v) is 2.40. The molecule has 1 aliphatic carbocycles. The van der Waals surface area contributed by atoms with Crippen molar-refractivity contribution in [2.45, 2.75) is 64.5 Å². The van der Waals surface area contributed by atoms with E-state index < -0.39 is 0 Å². The molecule has 0 aromatic heterocycles. The average Bonchev–Trinajstić information content (AvgIpc) is 2.28. The van der Waals surface area contributed by atoms with Crippen LogP contribution in [-0.4, -0.2) is 25.2 Å². The third-order valence-electron chi connectivity index (χ3n) is 3.23. The Hall–Kier alpha value is -0.570. The molecule has 1 atom stereocenters. The van der Waals surface area contributed by atoms with Gasteiger partial charge in [0.2, 0.25) is 0 Å². The quantitative estimate of drug-likeness (QED) is 0.733. The Kier molecular flexibility index (Phi) is 5.81. The molecular weight excluding hydrogens is 202 g/mol. The fraction of sp³-hybridized carbons (Fsp3) is 0.923. The van der Waals surface area contributed by atoms with E-state index in [1.165, 1.54) is 39.2 Å². The molecule has 0 aromatic rings. The number of carbonyl (C=O) groups excluding carboxylic acids is 1. The third-order valence-corrected chi connectivity index (χ3v) is 3.23. The van der Waals surface area contributed by atoms with E-state index >= 15 is 0 Å². The summed E-state index contributed by atoms with van der Waals surface area (Å²) in [7, 11) is 1.47. The summed E-state index contributed by atoms with van der Waals surface area (Å²) in [5, 5.41) is 3.46. The van der Waals surface area contributed by atoms with Crippen molar-refractivity contribution >= 4 is 5.97 Å². The maximum Gasteiger partial charge on any atom is 0.322 e. The van der Waals surface area contributed by atoms with E-state index in [4.69, 9.17) is 4.74 Å². The summed E-state index contributed by atoms with van der Waals surface area (Å²) in [5.41, 5.74) is 0. The number of nitrogens with one attached hydrogen (secondary N) is 1. The summed E-state index contributed by atoms with van der Waals surface area (Å²) in [6.45, 7) is 4.27. The first-order valence-corrected chi connectivity index (χ1v) is 6.47. The maximum atomic E-state index is 11.6. The molecule has 1 N–H and O–H groups in total. The van der Waals surface area contributed by atoms with Crippen molar-refractivity contribution in [3.8, 4) is 0 Å². The molecule has 1 saturated carbocycles. The SMILES string of the molecule is COC(=O)C(CC(C)C)NC1CCCCC1. The van der Waals surface area contributed by atoms with Crippen molar-refractivity contribution < 1.29 is 9.53 Å². The molecule has 16 heavy (non-hydrogen) atoms.